The smallest absolute Gasteiger partial charge is 0.304 e. The van der Waals surface area contributed by atoms with Crippen molar-refractivity contribution >= 4 is 26.1 Å². The molecule has 1 aliphatic rings. The van der Waals surface area contributed by atoms with Crippen LogP contribution < -0.4 is 10.6 Å². The van der Waals surface area contributed by atoms with E-state index in [9.17, 15) is 14.4 Å². The number of ether oxygens (including phenoxy) is 1. The largest absolute Gasteiger partial charge is 0.441 e. The summed E-state index contributed by atoms with van der Waals surface area (Å²) in [6.07, 6.45) is -1.91. The second-order valence-electron chi connectivity index (χ2n) is 9.00. The molecular weight excluding hydrogens is 388 g/mol. The minimum Gasteiger partial charge on any atom is -0.441 e. The molecule has 0 unspecified atom stereocenters. The molecule has 29 heavy (non-hydrogen) atoms. The maximum atomic E-state index is 13.2. The molecule has 7 nitrogen and oxygen atoms in total. The van der Waals surface area contributed by atoms with Gasteiger partial charge in [0.05, 0.1) is 6.04 Å². The second kappa shape index (κ2) is 8.67. The molecule has 0 bridgehead atoms. The number of benzene rings is 1. The van der Waals surface area contributed by atoms with Crippen LogP contribution in [0.4, 0.5) is 0 Å². The first kappa shape index (κ1) is 23.1. The third kappa shape index (κ3) is 5.45. The highest BCUT2D eigenvalue weighted by Gasteiger charge is 2.53. The molecule has 1 aliphatic heterocycles. The Balaban J connectivity index is 2.27. The van der Waals surface area contributed by atoms with Gasteiger partial charge in [-0.3, -0.25) is 14.4 Å². The Hall–Kier alpha value is -2.19. The van der Waals surface area contributed by atoms with Gasteiger partial charge in [0.2, 0.25) is 11.8 Å². The molecule has 0 aliphatic carbocycles. The van der Waals surface area contributed by atoms with Crippen molar-refractivity contribution in [3.63, 3.8) is 0 Å². The molecule has 0 saturated carbocycles. The van der Waals surface area contributed by atoms with Crippen molar-refractivity contribution in [1.29, 1.82) is 0 Å². The predicted octanol–water partition coefficient (Wildman–Crippen LogP) is 2.89. The summed E-state index contributed by atoms with van der Waals surface area (Å²) >= 11 is 0. The van der Waals surface area contributed by atoms with Crippen molar-refractivity contribution in [2.75, 3.05) is 0 Å². The summed E-state index contributed by atoms with van der Waals surface area (Å²) in [6, 6.07) is 9.29. The van der Waals surface area contributed by atoms with Gasteiger partial charge in [0.15, 0.2) is 14.5 Å². The zero-order valence-corrected chi connectivity index (χ0v) is 19.2. The third-order valence-electron chi connectivity index (χ3n) is 5.68. The number of hydrogen-bond donors (Lipinski definition) is 2. The molecule has 0 radical (unpaired) electrons. The quantitative estimate of drug-likeness (QED) is 0.402. The summed E-state index contributed by atoms with van der Waals surface area (Å²) in [7, 11) is -2.39. The van der Waals surface area contributed by atoms with Crippen molar-refractivity contribution in [2.45, 2.75) is 71.1 Å². The van der Waals surface area contributed by atoms with Gasteiger partial charge >= 0.3 is 5.97 Å². The highest BCUT2D eigenvalue weighted by Crippen LogP contribution is 2.39. The molecular formula is C21H32N2O5Si. The van der Waals surface area contributed by atoms with Gasteiger partial charge in [0.1, 0.15) is 12.0 Å². The van der Waals surface area contributed by atoms with Gasteiger partial charge in [0, 0.05) is 6.92 Å². The lowest BCUT2D eigenvalue weighted by Gasteiger charge is -2.45. The first-order chi connectivity index (χ1) is 13.3. The van der Waals surface area contributed by atoms with Crippen molar-refractivity contribution in [3.8, 4) is 0 Å². The number of carbonyl (C=O) groups excluding carboxylic acids is 3. The molecule has 2 amide bonds. The topological polar surface area (TPSA) is 93.7 Å². The van der Waals surface area contributed by atoms with Crippen LogP contribution in [0.15, 0.2) is 30.3 Å². The number of amides is 2. The Bertz CT molecular complexity index is 760. The number of hydrogen-bond acceptors (Lipinski definition) is 5. The number of rotatable bonds is 7. The van der Waals surface area contributed by atoms with Gasteiger partial charge in [-0.25, -0.2) is 0 Å². The van der Waals surface area contributed by atoms with Crippen molar-refractivity contribution in [3.05, 3.63) is 35.9 Å². The Morgan fingerprint density at radius 3 is 2.24 bits per heavy atom. The molecule has 1 aromatic carbocycles. The summed E-state index contributed by atoms with van der Waals surface area (Å²) in [4.78, 5) is 36.9. The van der Waals surface area contributed by atoms with E-state index >= 15 is 0 Å². The highest BCUT2D eigenvalue weighted by molar-refractivity contribution is 6.74. The number of esters is 1. The van der Waals surface area contributed by atoms with E-state index in [-0.39, 0.29) is 22.9 Å². The zero-order chi connectivity index (χ0) is 22.0. The van der Waals surface area contributed by atoms with Crippen LogP contribution in [0.1, 0.15) is 46.2 Å². The van der Waals surface area contributed by atoms with Gasteiger partial charge in [-0.05, 0) is 30.6 Å². The Labute approximate surface area is 173 Å². The fourth-order valence-corrected chi connectivity index (χ4v) is 4.09. The fraction of sp³-hybridized carbons (Fsp3) is 0.571. The van der Waals surface area contributed by atoms with Crippen LogP contribution in [0, 0.1) is 5.92 Å². The van der Waals surface area contributed by atoms with Gasteiger partial charge in [-0.1, -0.05) is 51.1 Å². The molecule has 1 saturated heterocycles. The Kier molecular flexibility index (Phi) is 6.90. The monoisotopic (exact) mass is 420 g/mol. The molecule has 8 heteroatoms. The van der Waals surface area contributed by atoms with Crippen LogP contribution in [0.5, 0.6) is 0 Å². The maximum absolute atomic E-state index is 13.2. The van der Waals surface area contributed by atoms with E-state index in [1.54, 1.807) is 0 Å². The second-order valence-corrected chi connectivity index (χ2v) is 13.8. The molecule has 4 atom stereocenters. The summed E-state index contributed by atoms with van der Waals surface area (Å²) in [5.41, 5.74) is 0.946. The van der Waals surface area contributed by atoms with Crippen LogP contribution in [0.3, 0.4) is 0 Å². The van der Waals surface area contributed by atoms with E-state index in [4.69, 9.17) is 9.16 Å². The molecule has 2 rings (SSSR count). The average Bonchev–Trinajstić information content (AvgIpc) is 2.59. The molecule has 1 aromatic rings. The Morgan fingerprint density at radius 2 is 1.76 bits per heavy atom. The first-order valence-corrected chi connectivity index (χ1v) is 12.7. The molecule has 0 spiro atoms. The minimum absolute atomic E-state index is 0.159. The Morgan fingerprint density at radius 1 is 1.17 bits per heavy atom. The standard InChI is InChI=1S/C21H32N2O5Si/c1-13(15-11-9-8-10-12-15)22-19(26)17(28-29(6,7)21(3,4)5)16-18(25)23-20(16)27-14(2)24/h8-13,16-17,20H,1-7H3,(H,22,26)(H,23,25)/t13-,16-,17-,20+/m0/s1. The summed E-state index contributed by atoms with van der Waals surface area (Å²) < 4.78 is 11.5. The van der Waals surface area contributed by atoms with Crippen LogP contribution in [-0.2, 0) is 23.5 Å². The van der Waals surface area contributed by atoms with Gasteiger partial charge in [-0.15, -0.1) is 0 Å². The van der Waals surface area contributed by atoms with Gasteiger partial charge in [0.25, 0.3) is 0 Å². The van der Waals surface area contributed by atoms with E-state index in [2.05, 4.69) is 31.4 Å². The number of nitrogens with one attached hydrogen (secondary N) is 2. The van der Waals surface area contributed by atoms with Crippen molar-refractivity contribution in [1.82, 2.24) is 10.6 Å². The zero-order valence-electron chi connectivity index (χ0n) is 18.2. The van der Waals surface area contributed by atoms with E-state index in [0.717, 1.165) is 5.56 Å². The molecule has 1 heterocycles. The molecule has 0 aromatic heterocycles. The van der Waals surface area contributed by atoms with E-state index in [1.165, 1.54) is 6.92 Å². The lowest BCUT2D eigenvalue weighted by atomic mass is 9.91. The predicted molar refractivity (Wildman–Crippen MR) is 112 cm³/mol. The summed E-state index contributed by atoms with van der Waals surface area (Å²) in [5.74, 6) is -2.15. The van der Waals surface area contributed by atoms with Crippen molar-refractivity contribution < 1.29 is 23.5 Å². The fourth-order valence-electron chi connectivity index (χ4n) is 2.85. The molecule has 160 valence electrons. The summed E-state index contributed by atoms with van der Waals surface area (Å²) in [6.45, 7) is 13.4. The first-order valence-electron chi connectivity index (χ1n) is 9.84. The van der Waals surface area contributed by atoms with Gasteiger partial charge in [-0.2, -0.15) is 0 Å². The summed E-state index contributed by atoms with van der Waals surface area (Å²) in [5, 5.41) is 5.34. The average molecular weight is 421 g/mol. The van der Waals surface area contributed by atoms with Crippen LogP contribution >= 0.6 is 0 Å². The normalized spacial score (nSPS) is 21.4. The SMILES string of the molecule is CC(=O)O[C@H]1NC(=O)[C@@H]1[C@H](O[Si](C)(C)C(C)(C)C)C(=O)N[C@@H](C)c1ccccc1. The van der Waals surface area contributed by atoms with E-state index < -0.39 is 32.5 Å². The molecule has 2 N–H and O–H groups in total. The number of β-lactam (4-membered cyclic amide) rings is 1. The van der Waals surface area contributed by atoms with E-state index in [1.807, 2.05) is 50.3 Å². The number of carbonyl (C=O) groups is 3. The van der Waals surface area contributed by atoms with Crippen molar-refractivity contribution in [2.24, 2.45) is 5.92 Å². The van der Waals surface area contributed by atoms with Crippen LogP contribution in [-0.4, -0.2) is 38.4 Å². The van der Waals surface area contributed by atoms with Crippen LogP contribution in [0.25, 0.3) is 0 Å². The van der Waals surface area contributed by atoms with Gasteiger partial charge < -0.3 is 19.8 Å². The highest BCUT2D eigenvalue weighted by atomic mass is 28.4. The maximum Gasteiger partial charge on any atom is 0.304 e. The minimum atomic E-state index is -2.39. The van der Waals surface area contributed by atoms with E-state index in [0.29, 0.717) is 0 Å². The third-order valence-corrected chi connectivity index (χ3v) is 10.1. The lowest BCUT2D eigenvalue weighted by Crippen LogP contribution is -2.68. The lowest BCUT2D eigenvalue weighted by molar-refractivity contribution is -0.176. The molecule has 1 fully saturated rings. The van der Waals surface area contributed by atoms with Crippen LogP contribution in [0.2, 0.25) is 18.1 Å².